The molecule has 1 heterocycles. The molecule has 3 nitrogen and oxygen atoms in total. The molecule has 0 saturated carbocycles. The smallest absolute Gasteiger partial charge is 0.156 e. The van der Waals surface area contributed by atoms with Gasteiger partial charge in [0.15, 0.2) is 11.5 Å². The van der Waals surface area contributed by atoms with Gasteiger partial charge < -0.3 is 14.5 Å². The minimum absolute atomic E-state index is 0.591. The fraction of sp³-hybridized carbons (Fsp3) is 0.286. The Hall–Kier alpha value is -1.03. The van der Waals surface area contributed by atoms with Crippen molar-refractivity contribution in [2.45, 2.75) is 0 Å². The first kappa shape index (κ1) is 8.07. The first-order valence-electron chi connectivity index (χ1n) is 3.08. The first-order chi connectivity index (χ1) is 5.29. The molecule has 0 saturated heterocycles. The van der Waals surface area contributed by atoms with Gasteiger partial charge in [-0.2, -0.15) is 0 Å². The number of aromatic nitrogens is 1. The molecule has 0 aromatic carbocycles. The molecule has 0 atom stereocenters. The molecule has 1 rings (SSSR count). The Labute approximate surface area is 70.0 Å². The summed E-state index contributed by atoms with van der Waals surface area (Å²) in [5.74, 6) is 1.25. The topological polar surface area (TPSA) is 34.2 Å². The molecule has 0 spiro atoms. The van der Waals surface area contributed by atoms with E-state index in [0.717, 1.165) is 0 Å². The summed E-state index contributed by atoms with van der Waals surface area (Å²) in [5.41, 5.74) is 0. The molecule has 0 bridgehead atoms. The summed E-state index contributed by atoms with van der Waals surface area (Å²) in [5, 5.41) is 0. The Kier molecular flexibility index (Phi) is 2.48. The number of hydrogen-bond acceptors (Lipinski definition) is 3. The van der Waals surface area contributed by atoms with Crippen LogP contribution in [0.25, 0.3) is 0 Å². The van der Waals surface area contributed by atoms with Gasteiger partial charge in [0.2, 0.25) is 0 Å². The third-order valence-electron chi connectivity index (χ3n) is 1.32. The van der Waals surface area contributed by atoms with Crippen LogP contribution < -0.4 is 9.47 Å². The van der Waals surface area contributed by atoms with Crippen LogP contribution >= 0.6 is 12.2 Å². The zero-order valence-electron chi connectivity index (χ0n) is 6.38. The van der Waals surface area contributed by atoms with Gasteiger partial charge in [-0.1, -0.05) is 12.2 Å². The van der Waals surface area contributed by atoms with Gasteiger partial charge in [-0.05, 0) is 0 Å². The Morgan fingerprint density at radius 1 is 1.18 bits per heavy atom. The average Bonchev–Trinajstić information content (AvgIpc) is 2.05. The van der Waals surface area contributed by atoms with E-state index in [4.69, 9.17) is 21.7 Å². The molecule has 1 N–H and O–H groups in total. The van der Waals surface area contributed by atoms with Crippen LogP contribution in [0, 0.1) is 4.51 Å². The second kappa shape index (κ2) is 3.39. The number of nitrogens with one attached hydrogen (secondary N) is 1. The third-order valence-corrected chi connectivity index (χ3v) is 1.72. The predicted octanol–water partition coefficient (Wildman–Crippen LogP) is 1.76. The van der Waals surface area contributed by atoms with E-state index in [9.17, 15) is 0 Å². The summed E-state index contributed by atoms with van der Waals surface area (Å²) in [7, 11) is 3.14. The number of aromatic amines is 1. The molecule has 0 amide bonds. The fourth-order valence-corrected chi connectivity index (χ4v) is 1.03. The van der Waals surface area contributed by atoms with Crippen molar-refractivity contribution in [2.75, 3.05) is 14.2 Å². The van der Waals surface area contributed by atoms with E-state index in [2.05, 4.69) is 4.98 Å². The highest BCUT2D eigenvalue weighted by Gasteiger charge is 1.99. The van der Waals surface area contributed by atoms with Gasteiger partial charge in [-0.15, -0.1) is 0 Å². The quantitative estimate of drug-likeness (QED) is 0.688. The molecule has 1 aromatic heterocycles. The first-order valence-corrected chi connectivity index (χ1v) is 3.49. The maximum Gasteiger partial charge on any atom is 0.156 e. The Bertz CT molecular complexity index is 269. The van der Waals surface area contributed by atoms with E-state index < -0.39 is 0 Å². The van der Waals surface area contributed by atoms with E-state index in [0.29, 0.717) is 16.0 Å². The molecule has 0 unspecified atom stereocenters. The monoisotopic (exact) mass is 171 g/mol. The van der Waals surface area contributed by atoms with Gasteiger partial charge in [-0.3, -0.25) is 0 Å². The Morgan fingerprint density at radius 3 is 2.00 bits per heavy atom. The predicted molar refractivity (Wildman–Crippen MR) is 44.7 cm³/mol. The zero-order valence-corrected chi connectivity index (χ0v) is 7.20. The van der Waals surface area contributed by atoms with E-state index in [1.807, 2.05) is 0 Å². The van der Waals surface area contributed by atoms with Crippen molar-refractivity contribution in [1.29, 1.82) is 0 Å². The minimum Gasteiger partial charge on any atom is -0.494 e. The molecule has 0 aliphatic rings. The lowest BCUT2D eigenvalue weighted by Crippen LogP contribution is -1.89. The van der Waals surface area contributed by atoms with E-state index in [1.165, 1.54) is 0 Å². The van der Waals surface area contributed by atoms with Crippen LogP contribution in [0.3, 0.4) is 0 Å². The van der Waals surface area contributed by atoms with Crippen LogP contribution in [-0.2, 0) is 0 Å². The molecule has 1 aromatic rings. The highest BCUT2D eigenvalue weighted by molar-refractivity contribution is 7.71. The maximum absolute atomic E-state index is 5.02. The van der Waals surface area contributed by atoms with Gasteiger partial charge in [0.05, 0.1) is 14.2 Å². The molecule has 0 fully saturated rings. The Balaban J connectivity index is 3.21. The largest absolute Gasteiger partial charge is 0.494 e. The van der Waals surface area contributed by atoms with Gasteiger partial charge in [0.1, 0.15) is 4.51 Å². The average molecular weight is 171 g/mol. The second-order valence-electron chi connectivity index (χ2n) is 1.92. The van der Waals surface area contributed by atoms with Gasteiger partial charge >= 0.3 is 0 Å². The van der Waals surface area contributed by atoms with Crippen molar-refractivity contribution in [3.63, 3.8) is 0 Å². The molecular formula is C7H9NO2S. The number of H-pyrrole nitrogens is 1. The van der Waals surface area contributed by atoms with Crippen LogP contribution in [0.15, 0.2) is 12.4 Å². The lowest BCUT2D eigenvalue weighted by atomic mass is 10.4. The summed E-state index contributed by atoms with van der Waals surface area (Å²) >= 11 is 5.02. The number of pyridine rings is 1. The standard InChI is InChI=1S/C7H9NO2S/c1-9-5-3-8-4-6(10-2)7(5)11/h3-4H,1-2H3,(H,8,11). The van der Waals surface area contributed by atoms with Crippen LogP contribution in [0.5, 0.6) is 11.5 Å². The van der Waals surface area contributed by atoms with E-state index >= 15 is 0 Å². The van der Waals surface area contributed by atoms with E-state index in [-0.39, 0.29) is 0 Å². The number of methoxy groups -OCH3 is 2. The SMILES string of the molecule is COc1c[nH]cc(OC)c1=S. The summed E-state index contributed by atoms with van der Waals surface area (Å²) in [6, 6.07) is 0. The number of hydrogen-bond donors (Lipinski definition) is 1. The highest BCUT2D eigenvalue weighted by Crippen LogP contribution is 2.20. The van der Waals surface area contributed by atoms with Crippen molar-refractivity contribution in [3.8, 4) is 11.5 Å². The normalized spacial score (nSPS) is 9.27. The second-order valence-corrected chi connectivity index (χ2v) is 2.33. The van der Waals surface area contributed by atoms with Crippen LogP contribution in [-0.4, -0.2) is 19.2 Å². The van der Waals surface area contributed by atoms with Crippen molar-refractivity contribution in [3.05, 3.63) is 16.9 Å². The molecule has 60 valence electrons. The molecule has 4 heteroatoms. The molecule has 0 aliphatic heterocycles. The van der Waals surface area contributed by atoms with Crippen molar-refractivity contribution < 1.29 is 9.47 Å². The summed E-state index contributed by atoms with van der Waals surface area (Å²) < 4.78 is 10.5. The summed E-state index contributed by atoms with van der Waals surface area (Å²) in [6.07, 6.45) is 3.37. The molecule has 11 heavy (non-hydrogen) atoms. The Morgan fingerprint density at radius 2 is 1.64 bits per heavy atom. The lowest BCUT2D eigenvalue weighted by molar-refractivity contribution is 0.388. The van der Waals surface area contributed by atoms with Crippen LogP contribution in [0.4, 0.5) is 0 Å². The molecule has 0 aliphatic carbocycles. The summed E-state index contributed by atoms with van der Waals surface area (Å²) in [6.45, 7) is 0. The van der Waals surface area contributed by atoms with Crippen molar-refractivity contribution in [2.24, 2.45) is 0 Å². The van der Waals surface area contributed by atoms with Crippen molar-refractivity contribution in [1.82, 2.24) is 4.98 Å². The van der Waals surface area contributed by atoms with Gasteiger partial charge in [0, 0.05) is 12.4 Å². The van der Waals surface area contributed by atoms with Crippen molar-refractivity contribution >= 4 is 12.2 Å². The van der Waals surface area contributed by atoms with Gasteiger partial charge in [-0.25, -0.2) is 0 Å². The fourth-order valence-electron chi connectivity index (χ4n) is 0.749. The van der Waals surface area contributed by atoms with Crippen LogP contribution in [0.1, 0.15) is 0 Å². The highest BCUT2D eigenvalue weighted by atomic mass is 32.1. The lowest BCUT2D eigenvalue weighted by Gasteiger charge is -2.02. The maximum atomic E-state index is 5.02. The number of rotatable bonds is 2. The third kappa shape index (κ3) is 1.51. The van der Waals surface area contributed by atoms with E-state index in [1.54, 1.807) is 26.6 Å². The minimum atomic E-state index is 0.591. The number of ether oxygens (including phenoxy) is 2. The van der Waals surface area contributed by atoms with Crippen LogP contribution in [0.2, 0.25) is 0 Å². The molecule has 0 radical (unpaired) electrons. The zero-order chi connectivity index (χ0) is 8.27. The van der Waals surface area contributed by atoms with Gasteiger partial charge in [0.25, 0.3) is 0 Å². The molecular weight excluding hydrogens is 162 g/mol. The summed E-state index contributed by atoms with van der Waals surface area (Å²) in [4.78, 5) is 2.86.